The number of methoxy groups -OCH3 is 1. The van der Waals surface area contributed by atoms with Crippen LogP contribution in [0.1, 0.15) is 43.2 Å². The highest BCUT2D eigenvalue weighted by Gasteiger charge is 2.49. The van der Waals surface area contributed by atoms with E-state index in [1.54, 1.807) is 7.11 Å². The van der Waals surface area contributed by atoms with E-state index in [2.05, 4.69) is 17.0 Å². The minimum Gasteiger partial charge on any atom is -0.497 e. The molecule has 1 aliphatic carbocycles. The van der Waals surface area contributed by atoms with Gasteiger partial charge in [0.1, 0.15) is 5.75 Å². The predicted octanol–water partition coefficient (Wildman–Crippen LogP) is 4.23. The summed E-state index contributed by atoms with van der Waals surface area (Å²) in [6.07, 6.45) is 4.51. The molecule has 0 radical (unpaired) electrons. The summed E-state index contributed by atoms with van der Waals surface area (Å²) in [6, 6.07) is 18.0. The highest BCUT2D eigenvalue weighted by molar-refractivity contribution is 5.89. The van der Waals surface area contributed by atoms with E-state index >= 15 is 0 Å². The molecule has 2 aromatic rings. The van der Waals surface area contributed by atoms with Gasteiger partial charge < -0.3 is 19.6 Å². The number of likely N-dealkylation sites (tertiary alicyclic amines) is 1. The molecule has 2 aliphatic rings. The van der Waals surface area contributed by atoms with Crippen molar-refractivity contribution in [2.45, 2.75) is 43.1 Å². The van der Waals surface area contributed by atoms with Crippen molar-refractivity contribution in [3.8, 4) is 5.75 Å². The largest absolute Gasteiger partial charge is 0.497 e. The second kappa shape index (κ2) is 10.5. The van der Waals surface area contributed by atoms with Crippen molar-refractivity contribution < 1.29 is 14.6 Å². The number of aliphatic hydroxyl groups is 1. The molecule has 0 aromatic heterocycles. The third-order valence-electron chi connectivity index (χ3n) is 7.51. The highest BCUT2D eigenvalue weighted by atomic mass is 35.5. The Morgan fingerprint density at radius 2 is 1.73 bits per heavy atom. The molecular weight excluding hydrogens is 436 g/mol. The van der Waals surface area contributed by atoms with Gasteiger partial charge in [0.2, 0.25) is 5.91 Å². The number of amides is 1. The van der Waals surface area contributed by atoms with Crippen molar-refractivity contribution >= 4 is 18.3 Å². The normalized spacial score (nSPS) is 24.4. The summed E-state index contributed by atoms with van der Waals surface area (Å²) in [5, 5.41) is 11.9. The van der Waals surface area contributed by atoms with E-state index in [9.17, 15) is 9.90 Å². The van der Waals surface area contributed by atoms with Crippen molar-refractivity contribution in [3.63, 3.8) is 0 Å². The van der Waals surface area contributed by atoms with Crippen LogP contribution in [0.5, 0.6) is 5.75 Å². The van der Waals surface area contributed by atoms with Gasteiger partial charge in [-0.1, -0.05) is 55.3 Å². The zero-order valence-electron chi connectivity index (χ0n) is 20.0. The van der Waals surface area contributed by atoms with E-state index in [4.69, 9.17) is 4.74 Å². The standard InChI is InChI=1S/C27H36N2O3.ClH/c1-28(2)19-23-20-29(17-16-27(23,31)22-12-9-13-24(18-22)32-3)25(30)26(14-7-8-15-26)21-10-5-4-6-11-21;/h4-6,9-13,18,23,31H,7-8,14-17,19-20H2,1-3H3;1H. The molecule has 180 valence electrons. The van der Waals surface area contributed by atoms with E-state index in [-0.39, 0.29) is 24.2 Å². The maximum atomic E-state index is 14.0. The minimum atomic E-state index is -0.995. The fourth-order valence-corrected chi connectivity index (χ4v) is 5.79. The Labute approximate surface area is 204 Å². The van der Waals surface area contributed by atoms with Crippen molar-refractivity contribution in [1.29, 1.82) is 0 Å². The Morgan fingerprint density at radius 3 is 2.36 bits per heavy atom. The van der Waals surface area contributed by atoms with Crippen molar-refractivity contribution in [2.75, 3.05) is 40.8 Å². The molecule has 1 N–H and O–H groups in total. The number of halogens is 1. The van der Waals surface area contributed by atoms with Crippen LogP contribution in [0.4, 0.5) is 0 Å². The lowest BCUT2D eigenvalue weighted by Gasteiger charge is -2.48. The number of benzene rings is 2. The number of nitrogens with zero attached hydrogens (tertiary/aromatic N) is 2. The molecule has 2 atom stereocenters. The number of carbonyl (C=O) groups excluding carboxylic acids is 1. The first-order valence-corrected chi connectivity index (χ1v) is 11.8. The molecule has 2 unspecified atom stereocenters. The van der Waals surface area contributed by atoms with E-state index in [1.807, 2.05) is 61.5 Å². The third-order valence-corrected chi connectivity index (χ3v) is 7.51. The Hall–Kier alpha value is -2.08. The summed E-state index contributed by atoms with van der Waals surface area (Å²) in [6.45, 7) is 1.82. The molecule has 33 heavy (non-hydrogen) atoms. The van der Waals surface area contributed by atoms with Gasteiger partial charge in [0, 0.05) is 25.6 Å². The maximum Gasteiger partial charge on any atom is 0.233 e. The predicted molar refractivity (Wildman–Crippen MR) is 134 cm³/mol. The number of hydrogen-bond donors (Lipinski definition) is 1. The molecule has 5 nitrogen and oxygen atoms in total. The second-order valence-electron chi connectivity index (χ2n) is 9.77. The van der Waals surface area contributed by atoms with Gasteiger partial charge in [0.15, 0.2) is 0 Å². The van der Waals surface area contributed by atoms with Crippen LogP contribution in [-0.4, -0.2) is 61.7 Å². The van der Waals surface area contributed by atoms with E-state index in [1.165, 1.54) is 0 Å². The van der Waals surface area contributed by atoms with Crippen molar-refractivity contribution in [1.82, 2.24) is 9.80 Å². The van der Waals surface area contributed by atoms with Gasteiger partial charge in [0.05, 0.1) is 18.1 Å². The van der Waals surface area contributed by atoms with Crippen LogP contribution in [0.25, 0.3) is 0 Å². The Kier molecular flexibility index (Phi) is 8.09. The summed E-state index contributed by atoms with van der Waals surface area (Å²) in [4.78, 5) is 18.1. The van der Waals surface area contributed by atoms with E-state index in [0.29, 0.717) is 26.1 Å². The number of rotatable bonds is 6. The number of carbonyl (C=O) groups is 1. The van der Waals surface area contributed by atoms with Gasteiger partial charge in [-0.3, -0.25) is 4.79 Å². The van der Waals surface area contributed by atoms with Gasteiger partial charge in [0.25, 0.3) is 0 Å². The van der Waals surface area contributed by atoms with Crippen LogP contribution in [-0.2, 0) is 15.8 Å². The molecule has 1 heterocycles. The summed E-state index contributed by atoms with van der Waals surface area (Å²) in [5.41, 5.74) is 0.593. The Morgan fingerprint density at radius 1 is 1.06 bits per heavy atom. The van der Waals surface area contributed by atoms with Crippen LogP contribution in [0, 0.1) is 5.92 Å². The average molecular weight is 473 g/mol. The topological polar surface area (TPSA) is 53.0 Å². The van der Waals surface area contributed by atoms with Gasteiger partial charge in [-0.25, -0.2) is 0 Å². The molecule has 0 bridgehead atoms. The first-order valence-electron chi connectivity index (χ1n) is 11.8. The zero-order chi connectivity index (χ0) is 22.8. The molecular formula is C27H37ClN2O3. The lowest BCUT2D eigenvalue weighted by molar-refractivity contribution is -0.147. The van der Waals surface area contributed by atoms with Crippen LogP contribution >= 0.6 is 12.4 Å². The third kappa shape index (κ3) is 4.91. The summed E-state index contributed by atoms with van der Waals surface area (Å²) >= 11 is 0. The van der Waals surface area contributed by atoms with Crippen LogP contribution in [0.15, 0.2) is 54.6 Å². The second-order valence-corrected chi connectivity index (χ2v) is 9.77. The fourth-order valence-electron chi connectivity index (χ4n) is 5.79. The van der Waals surface area contributed by atoms with Gasteiger partial charge in [-0.2, -0.15) is 0 Å². The number of piperidine rings is 1. The van der Waals surface area contributed by atoms with Gasteiger partial charge in [-0.15, -0.1) is 12.4 Å². The first kappa shape index (κ1) is 25.5. The summed E-state index contributed by atoms with van der Waals surface area (Å²) in [5.74, 6) is 0.890. The zero-order valence-corrected chi connectivity index (χ0v) is 20.8. The van der Waals surface area contributed by atoms with E-state index < -0.39 is 11.0 Å². The molecule has 6 heteroatoms. The van der Waals surface area contributed by atoms with Gasteiger partial charge in [-0.05, 0) is 56.6 Å². The van der Waals surface area contributed by atoms with Crippen LogP contribution in [0.3, 0.4) is 0 Å². The van der Waals surface area contributed by atoms with Crippen molar-refractivity contribution in [3.05, 3.63) is 65.7 Å². The Bertz CT molecular complexity index is 930. The fraction of sp³-hybridized carbons (Fsp3) is 0.519. The van der Waals surface area contributed by atoms with Gasteiger partial charge >= 0.3 is 0 Å². The number of ether oxygens (including phenoxy) is 1. The SMILES string of the molecule is COc1cccc(C2(O)CCN(C(=O)C3(c4ccccc4)CCCC3)CC2CN(C)C)c1.Cl. The summed E-state index contributed by atoms with van der Waals surface area (Å²) in [7, 11) is 5.69. The first-order chi connectivity index (χ1) is 15.4. The summed E-state index contributed by atoms with van der Waals surface area (Å²) < 4.78 is 5.41. The molecule has 1 saturated carbocycles. The molecule has 1 amide bonds. The number of hydrogen-bond acceptors (Lipinski definition) is 4. The maximum absolute atomic E-state index is 14.0. The quantitative estimate of drug-likeness (QED) is 0.683. The molecule has 2 fully saturated rings. The van der Waals surface area contributed by atoms with Crippen molar-refractivity contribution in [2.24, 2.45) is 5.92 Å². The van der Waals surface area contributed by atoms with E-state index in [0.717, 1.165) is 42.6 Å². The molecule has 1 aliphatic heterocycles. The molecule has 2 aromatic carbocycles. The molecule has 0 spiro atoms. The van der Waals surface area contributed by atoms with Crippen LogP contribution in [0.2, 0.25) is 0 Å². The molecule has 1 saturated heterocycles. The van der Waals surface area contributed by atoms with Crippen LogP contribution < -0.4 is 4.74 Å². The Balaban J connectivity index is 0.00000306. The monoisotopic (exact) mass is 472 g/mol. The average Bonchev–Trinajstić information content (AvgIpc) is 3.32. The highest BCUT2D eigenvalue weighted by Crippen LogP contribution is 2.45. The molecule has 4 rings (SSSR count). The minimum absolute atomic E-state index is 0. The lowest BCUT2D eigenvalue weighted by atomic mass is 9.73. The smallest absolute Gasteiger partial charge is 0.233 e. The lowest BCUT2D eigenvalue weighted by Crippen LogP contribution is -2.57.